The van der Waals surface area contributed by atoms with Crippen LogP contribution in [0.5, 0.6) is 0 Å². The quantitative estimate of drug-likeness (QED) is 0.572. The Labute approximate surface area is 35.0 Å². The first-order valence-electron chi connectivity index (χ1n) is 0.707. The predicted molar refractivity (Wildman–Crippen MR) is 4.12 cm³/mol. The summed E-state index contributed by atoms with van der Waals surface area (Å²) in [5.74, 6) is 0. The zero-order valence-corrected chi connectivity index (χ0v) is 4.59. The Morgan fingerprint density at radius 2 is 0.571 bits per heavy atom. The van der Waals surface area contributed by atoms with Crippen LogP contribution in [0.15, 0.2) is 0 Å². The van der Waals surface area contributed by atoms with Crippen molar-refractivity contribution in [2.45, 2.75) is 0 Å². The Kier molecular flexibility index (Phi) is 0.685. The summed E-state index contributed by atoms with van der Waals surface area (Å²) in [4.78, 5) is 0. The van der Waals surface area contributed by atoms with Crippen molar-refractivity contribution in [3.8, 4) is 0 Å². The Hall–Kier alpha value is 0.0468. The molecule has 0 aromatic carbocycles. The average Bonchev–Trinajstić information content (AvgIpc) is 0.592. The molecule has 0 fully saturated rings. The molecule has 0 amide bonds. The number of hydrogen-bond donors (Lipinski definition) is 0. The molecule has 7 heteroatoms. The van der Waals surface area contributed by atoms with Gasteiger partial charge < -0.3 is 0 Å². The third-order valence-corrected chi connectivity index (χ3v) is 0. The Morgan fingerprint density at radius 3 is 0.571 bits per heavy atom. The van der Waals surface area contributed by atoms with E-state index in [0.717, 1.165) is 0 Å². The van der Waals surface area contributed by atoms with Crippen LogP contribution >= 0.6 is 0 Å². The maximum atomic E-state index is 8.65. The molecule has 0 aromatic rings. The van der Waals surface area contributed by atoms with E-state index in [9.17, 15) is 0 Å². The molecular formula is ErO6. The van der Waals surface area contributed by atoms with E-state index >= 15 is 0 Å². The van der Waals surface area contributed by atoms with Gasteiger partial charge in [0.05, 0.1) is 0 Å². The molecule has 48 valence electrons. The molecule has 0 aliphatic heterocycles. The van der Waals surface area contributed by atoms with Crippen molar-refractivity contribution in [3.63, 3.8) is 0 Å². The van der Waals surface area contributed by atoms with Crippen LogP contribution in [0.25, 0.3) is 0 Å². The summed E-state index contributed by atoms with van der Waals surface area (Å²) in [6, 6.07) is 0. The first kappa shape index (κ1) is 7.05. The maximum absolute atomic E-state index is 9.53. The molecule has 0 saturated carbocycles. The van der Waals surface area contributed by atoms with Gasteiger partial charge in [-0.2, -0.15) is 0 Å². The van der Waals surface area contributed by atoms with Gasteiger partial charge in [-0.25, -0.2) is 0 Å². The van der Waals surface area contributed by atoms with Crippen molar-refractivity contribution in [1.29, 1.82) is 0 Å². The molecule has 0 saturated heterocycles. The third kappa shape index (κ3) is 45300. The molecule has 0 spiro atoms. The van der Waals surface area contributed by atoms with E-state index in [4.69, 9.17) is 8.92 Å². The Morgan fingerprint density at radius 1 is 0.571 bits per heavy atom. The van der Waals surface area contributed by atoms with E-state index in [-0.39, 0.29) is 0 Å². The van der Waals surface area contributed by atoms with E-state index < -0.39 is 26.3 Å². The van der Waals surface area contributed by atoms with Crippen LogP contribution in [-0.2, 0) is 8.92 Å². The van der Waals surface area contributed by atoms with Gasteiger partial charge in [0.25, 0.3) is 0 Å². The normalized spacial score (nSPS) is 22.3. The summed E-state index contributed by atoms with van der Waals surface area (Å²) in [6.45, 7) is 0. The summed E-state index contributed by atoms with van der Waals surface area (Å²) < 4.78 is 51.9. The summed E-state index contributed by atoms with van der Waals surface area (Å²) in [7, 11) is 0. The molecule has 7 heavy (non-hydrogen) atoms. The molecule has 0 aliphatic carbocycles. The van der Waals surface area contributed by atoms with Gasteiger partial charge >= 0.3 is 35.2 Å². The van der Waals surface area contributed by atoms with Gasteiger partial charge in [-0.3, -0.25) is 0 Å². The van der Waals surface area contributed by atoms with Crippen molar-refractivity contribution in [2.24, 2.45) is 0 Å². The van der Waals surface area contributed by atoms with Crippen LogP contribution in [0, 0.1) is 26.3 Å². The summed E-state index contributed by atoms with van der Waals surface area (Å²) >= 11 is -9.53. The van der Waals surface area contributed by atoms with Gasteiger partial charge in [0.2, 0.25) is 0 Å². The van der Waals surface area contributed by atoms with E-state index in [1.54, 1.807) is 0 Å². The number of hydrogen-bond acceptors (Lipinski definition) is 6. The van der Waals surface area contributed by atoms with Crippen LogP contribution in [0.2, 0.25) is 0 Å². The predicted octanol–water partition coefficient (Wildman–Crippen LogP) is -0.713. The Bertz CT molecular complexity index is 432. The number of rotatable bonds is 0. The zero-order valence-electron chi connectivity index (χ0n) is 2.74. The molecule has 0 atom stereocenters. The monoisotopic (exact) mass is 262 g/mol. The summed E-state index contributed by atoms with van der Waals surface area (Å²) in [5.41, 5.74) is 0. The molecular weight excluding hydrogens is 263 g/mol. The van der Waals surface area contributed by atoms with Crippen LogP contribution in [0.1, 0.15) is 0 Å². The summed E-state index contributed by atoms with van der Waals surface area (Å²) in [5, 5.41) is 0. The van der Waals surface area contributed by atoms with Crippen LogP contribution in [0.4, 0.5) is 0 Å². The minimum atomic E-state index is -9.53. The van der Waals surface area contributed by atoms with Crippen molar-refractivity contribution in [1.82, 2.24) is 0 Å². The van der Waals surface area contributed by atoms with Crippen LogP contribution in [-0.4, -0.2) is 0 Å². The van der Waals surface area contributed by atoms with E-state index in [1.165, 1.54) is 0 Å². The molecule has 0 radical (unpaired) electrons. The Balaban J connectivity index is 8.86. The zero-order chi connectivity index (χ0) is 6.41. The van der Waals surface area contributed by atoms with E-state index in [2.05, 4.69) is 0 Å². The molecule has 0 aromatic heterocycles. The first-order chi connectivity index (χ1) is 2.45. The van der Waals surface area contributed by atoms with Gasteiger partial charge in [-0.05, 0) is 0 Å². The second kappa shape index (κ2) is 0.680. The van der Waals surface area contributed by atoms with Crippen molar-refractivity contribution in [3.05, 3.63) is 0 Å². The van der Waals surface area contributed by atoms with Crippen molar-refractivity contribution < 1.29 is 35.2 Å². The fraction of sp³-hybridized carbons (Fsp3) is 0. The van der Waals surface area contributed by atoms with Gasteiger partial charge in [-0.1, -0.05) is 0 Å². The molecule has 0 aliphatic rings. The second-order valence-electron chi connectivity index (χ2n) is 0.722. The average molecular weight is 263 g/mol. The van der Waals surface area contributed by atoms with Gasteiger partial charge in [0.1, 0.15) is 0 Å². The van der Waals surface area contributed by atoms with Gasteiger partial charge in [0, 0.05) is 0 Å². The first-order valence-corrected chi connectivity index (χ1v) is 5.24. The molecule has 0 heterocycles. The molecule has 0 rings (SSSR count). The minimum absolute atomic E-state index is 8.65. The molecule has 0 unspecified atom stereocenters. The fourth-order valence-corrected chi connectivity index (χ4v) is 0. The van der Waals surface area contributed by atoms with Gasteiger partial charge in [-0.15, -0.1) is 0 Å². The SMILES string of the molecule is [O]=[Er](=[O])(=[O])(=[O])(=[O])=[O]. The fourth-order valence-electron chi connectivity index (χ4n) is 0. The second-order valence-corrected chi connectivity index (χ2v) is 5.35. The molecule has 6 nitrogen and oxygen atoms in total. The topological polar surface area (TPSA) is 102 Å². The molecule has 0 bridgehead atoms. The summed E-state index contributed by atoms with van der Waals surface area (Å²) in [6.07, 6.45) is 0. The van der Waals surface area contributed by atoms with Crippen molar-refractivity contribution in [2.75, 3.05) is 0 Å². The standard InChI is InChI=1S/Er.6O. The van der Waals surface area contributed by atoms with E-state index in [0.29, 0.717) is 0 Å². The van der Waals surface area contributed by atoms with Crippen LogP contribution < -0.4 is 0 Å². The van der Waals surface area contributed by atoms with E-state index in [1.807, 2.05) is 0 Å². The molecule has 0 N–H and O–H groups in total. The van der Waals surface area contributed by atoms with Gasteiger partial charge in [0.15, 0.2) is 0 Å². The van der Waals surface area contributed by atoms with Crippen LogP contribution in [0.3, 0.4) is 0 Å². The third-order valence-electron chi connectivity index (χ3n) is 0. The van der Waals surface area contributed by atoms with Crippen molar-refractivity contribution >= 4 is 0 Å².